The zero-order valence-electron chi connectivity index (χ0n) is 14.7. The van der Waals surface area contributed by atoms with E-state index in [4.69, 9.17) is 0 Å². The van der Waals surface area contributed by atoms with Gasteiger partial charge in [0, 0.05) is 32.4 Å². The highest BCUT2D eigenvalue weighted by Crippen LogP contribution is 2.15. The lowest BCUT2D eigenvalue weighted by molar-refractivity contribution is 0.229. The molecule has 1 aromatic heterocycles. The van der Waals surface area contributed by atoms with Crippen LogP contribution in [0.15, 0.2) is 58.8 Å². The Kier molecular flexibility index (Phi) is 6.50. The average Bonchev–Trinajstić information content (AvgIpc) is 2.62. The van der Waals surface area contributed by atoms with Gasteiger partial charge in [-0.1, -0.05) is 36.4 Å². The molecule has 0 amide bonds. The molecule has 0 aliphatic rings. The molecule has 2 rings (SSSR count). The summed E-state index contributed by atoms with van der Waals surface area (Å²) in [5.41, 5.74) is 0.878. The fourth-order valence-corrected chi connectivity index (χ4v) is 2.89. The lowest BCUT2D eigenvalue weighted by atomic mass is 10.0. The van der Waals surface area contributed by atoms with Gasteiger partial charge in [0.2, 0.25) is 0 Å². The van der Waals surface area contributed by atoms with E-state index in [2.05, 4.69) is 11.9 Å². The maximum absolute atomic E-state index is 12.5. The van der Waals surface area contributed by atoms with Crippen molar-refractivity contribution in [1.29, 1.82) is 0 Å². The van der Waals surface area contributed by atoms with Gasteiger partial charge in [-0.25, -0.2) is 4.79 Å². The maximum Gasteiger partial charge on any atom is 0.330 e. The molecule has 1 aromatic carbocycles. The summed E-state index contributed by atoms with van der Waals surface area (Å²) >= 11 is 0. The summed E-state index contributed by atoms with van der Waals surface area (Å²) in [5.74, 6) is 0. The molecule has 0 saturated carbocycles. The van der Waals surface area contributed by atoms with E-state index in [1.807, 2.05) is 30.3 Å². The molecule has 6 nitrogen and oxygen atoms in total. The number of hydrogen-bond donors (Lipinski definition) is 2. The van der Waals surface area contributed by atoms with Crippen LogP contribution in [0.3, 0.4) is 0 Å². The maximum atomic E-state index is 12.5. The minimum Gasteiger partial charge on any atom is -0.395 e. The molecule has 6 heteroatoms. The molecule has 134 valence electrons. The number of aromatic nitrogens is 2. The first kappa shape index (κ1) is 18.9. The Hall–Kier alpha value is -2.44. The van der Waals surface area contributed by atoms with E-state index in [1.54, 1.807) is 19.3 Å². The van der Waals surface area contributed by atoms with Crippen molar-refractivity contribution in [3.05, 3.63) is 81.1 Å². The molecule has 2 atom stereocenters. The minimum absolute atomic E-state index is 0.0609. The SMILES string of the molecule is C=CCC(N[C@H](CO)Cc1ccccc1)c1cn(C)c(=O)n(C)c1=O. The third-order valence-electron chi connectivity index (χ3n) is 4.23. The Balaban J connectivity index is 2.30. The zero-order chi connectivity index (χ0) is 18.4. The molecule has 0 fully saturated rings. The third-order valence-corrected chi connectivity index (χ3v) is 4.23. The van der Waals surface area contributed by atoms with E-state index in [0.717, 1.165) is 10.1 Å². The van der Waals surface area contributed by atoms with Crippen LogP contribution < -0.4 is 16.6 Å². The monoisotopic (exact) mass is 343 g/mol. The molecule has 0 bridgehead atoms. The van der Waals surface area contributed by atoms with Crippen LogP contribution in [-0.4, -0.2) is 26.9 Å². The first-order valence-electron chi connectivity index (χ1n) is 8.26. The lowest BCUT2D eigenvalue weighted by Gasteiger charge is -2.24. The molecule has 0 aliphatic heterocycles. The molecule has 25 heavy (non-hydrogen) atoms. The fourth-order valence-electron chi connectivity index (χ4n) is 2.89. The molecule has 0 aliphatic carbocycles. The predicted molar refractivity (Wildman–Crippen MR) is 98.6 cm³/mol. The second-order valence-corrected chi connectivity index (χ2v) is 6.15. The predicted octanol–water partition coefficient (Wildman–Crippen LogP) is 0.894. The van der Waals surface area contributed by atoms with Gasteiger partial charge < -0.3 is 15.0 Å². The summed E-state index contributed by atoms with van der Waals surface area (Å²) in [6.45, 7) is 3.69. The summed E-state index contributed by atoms with van der Waals surface area (Å²) in [6.07, 6.45) is 4.43. The number of nitrogens with one attached hydrogen (secondary N) is 1. The van der Waals surface area contributed by atoms with Gasteiger partial charge in [0.05, 0.1) is 12.2 Å². The van der Waals surface area contributed by atoms with Crippen LogP contribution in [-0.2, 0) is 20.5 Å². The van der Waals surface area contributed by atoms with Crippen LogP contribution in [0.25, 0.3) is 0 Å². The van der Waals surface area contributed by atoms with Crippen molar-refractivity contribution in [1.82, 2.24) is 14.5 Å². The van der Waals surface area contributed by atoms with Crippen molar-refractivity contribution in [3.8, 4) is 0 Å². The van der Waals surface area contributed by atoms with Crippen molar-refractivity contribution in [2.24, 2.45) is 14.1 Å². The summed E-state index contributed by atoms with van der Waals surface area (Å²) in [7, 11) is 3.08. The Morgan fingerprint density at radius 3 is 2.52 bits per heavy atom. The first-order chi connectivity index (χ1) is 12.0. The van der Waals surface area contributed by atoms with Gasteiger partial charge in [0.1, 0.15) is 0 Å². The van der Waals surface area contributed by atoms with Gasteiger partial charge in [0.15, 0.2) is 0 Å². The summed E-state index contributed by atoms with van der Waals surface area (Å²) < 4.78 is 2.48. The fraction of sp³-hybridized carbons (Fsp3) is 0.368. The number of aliphatic hydroxyl groups excluding tert-OH is 1. The van der Waals surface area contributed by atoms with E-state index in [-0.39, 0.29) is 29.9 Å². The molecule has 0 saturated heterocycles. The molecule has 1 heterocycles. The van der Waals surface area contributed by atoms with E-state index in [1.165, 1.54) is 11.6 Å². The van der Waals surface area contributed by atoms with Crippen LogP contribution in [0.5, 0.6) is 0 Å². The second-order valence-electron chi connectivity index (χ2n) is 6.15. The number of benzene rings is 1. The Morgan fingerprint density at radius 1 is 1.24 bits per heavy atom. The van der Waals surface area contributed by atoms with Gasteiger partial charge in [-0.15, -0.1) is 6.58 Å². The number of hydrogen-bond acceptors (Lipinski definition) is 4. The first-order valence-corrected chi connectivity index (χ1v) is 8.26. The normalized spacial score (nSPS) is 13.4. The topological polar surface area (TPSA) is 76.3 Å². The van der Waals surface area contributed by atoms with Crippen LogP contribution in [0.4, 0.5) is 0 Å². The molecule has 0 radical (unpaired) electrons. The number of nitrogens with zero attached hydrogens (tertiary/aromatic N) is 2. The van der Waals surface area contributed by atoms with E-state index >= 15 is 0 Å². The second kappa shape index (κ2) is 8.60. The minimum atomic E-state index is -0.367. The highest BCUT2D eigenvalue weighted by atomic mass is 16.3. The van der Waals surface area contributed by atoms with Crippen LogP contribution in [0, 0.1) is 0 Å². The summed E-state index contributed by atoms with van der Waals surface area (Å²) in [6, 6.07) is 9.30. The molecule has 2 aromatic rings. The van der Waals surface area contributed by atoms with Crippen molar-refractivity contribution in [3.63, 3.8) is 0 Å². The van der Waals surface area contributed by atoms with Crippen molar-refractivity contribution >= 4 is 0 Å². The largest absolute Gasteiger partial charge is 0.395 e. The van der Waals surface area contributed by atoms with Crippen molar-refractivity contribution < 1.29 is 5.11 Å². The van der Waals surface area contributed by atoms with Crippen LogP contribution in [0.1, 0.15) is 23.6 Å². The Labute approximate surface area is 147 Å². The summed E-state index contributed by atoms with van der Waals surface area (Å²) in [5, 5.41) is 13.1. The molecule has 1 unspecified atom stereocenters. The quantitative estimate of drug-likeness (QED) is 0.698. The lowest BCUT2D eigenvalue weighted by Crippen LogP contribution is -2.44. The third kappa shape index (κ3) is 4.55. The van der Waals surface area contributed by atoms with Gasteiger partial charge in [0.25, 0.3) is 5.56 Å². The standard InChI is InChI=1S/C19H25N3O3/c1-4-8-17(16-12-21(2)19(25)22(3)18(16)24)20-15(13-23)11-14-9-6-5-7-10-14/h4-7,9-10,12,15,17,20,23H,1,8,11,13H2,2-3H3/t15-,17?/m0/s1. The van der Waals surface area contributed by atoms with Crippen molar-refractivity contribution in [2.75, 3.05) is 6.61 Å². The Bertz CT molecular complexity index is 824. The van der Waals surface area contributed by atoms with E-state index in [0.29, 0.717) is 18.4 Å². The highest BCUT2D eigenvalue weighted by molar-refractivity contribution is 5.17. The van der Waals surface area contributed by atoms with E-state index in [9.17, 15) is 14.7 Å². The van der Waals surface area contributed by atoms with Crippen molar-refractivity contribution in [2.45, 2.75) is 24.9 Å². The average molecular weight is 343 g/mol. The highest BCUT2D eigenvalue weighted by Gasteiger charge is 2.20. The number of rotatable bonds is 8. The summed E-state index contributed by atoms with van der Waals surface area (Å²) in [4.78, 5) is 24.4. The molecule has 2 N–H and O–H groups in total. The van der Waals surface area contributed by atoms with Gasteiger partial charge in [-0.3, -0.25) is 9.36 Å². The van der Waals surface area contributed by atoms with Gasteiger partial charge in [-0.2, -0.15) is 0 Å². The van der Waals surface area contributed by atoms with Gasteiger partial charge in [-0.05, 0) is 18.4 Å². The zero-order valence-corrected chi connectivity index (χ0v) is 14.7. The molecular weight excluding hydrogens is 318 g/mol. The van der Waals surface area contributed by atoms with Crippen LogP contribution >= 0.6 is 0 Å². The van der Waals surface area contributed by atoms with Gasteiger partial charge >= 0.3 is 5.69 Å². The molecule has 0 spiro atoms. The Morgan fingerprint density at radius 2 is 1.92 bits per heavy atom. The number of aryl methyl sites for hydroxylation is 1. The smallest absolute Gasteiger partial charge is 0.330 e. The van der Waals surface area contributed by atoms with E-state index < -0.39 is 0 Å². The van der Waals surface area contributed by atoms with Crippen LogP contribution in [0.2, 0.25) is 0 Å². The molecular formula is C19H25N3O3. The number of aliphatic hydroxyl groups is 1.